The fraction of sp³-hybridized carbons (Fsp3) is 0.273. The van der Waals surface area contributed by atoms with Crippen molar-refractivity contribution in [2.45, 2.75) is 40.2 Å². The van der Waals surface area contributed by atoms with Gasteiger partial charge in [0.1, 0.15) is 5.75 Å². The number of esters is 1. The standard InChI is InChI=1S/C22H22F3NO4/c1-13-11-14(2)20(15(3)12-13)26-21(28)16(4)29-19(27)10-7-17-5-8-18(9-6-17)30-22(23,24)25/h5-12,16H,1-4H3,(H,26,28)/b10-7+/t16-/m0/s1. The summed E-state index contributed by atoms with van der Waals surface area (Å²) in [6.07, 6.45) is -3.36. The zero-order chi connectivity index (χ0) is 22.5. The molecule has 1 amide bonds. The number of ether oxygens (including phenoxy) is 2. The number of carbonyl (C=O) groups is 2. The van der Waals surface area contributed by atoms with Crippen molar-refractivity contribution in [1.82, 2.24) is 0 Å². The maximum atomic E-state index is 12.3. The van der Waals surface area contributed by atoms with Crippen LogP contribution in [0.25, 0.3) is 6.08 Å². The molecule has 0 unspecified atom stereocenters. The molecule has 1 N–H and O–H groups in total. The number of rotatable bonds is 6. The Labute approximate surface area is 172 Å². The largest absolute Gasteiger partial charge is 0.573 e. The molecule has 0 aliphatic rings. The van der Waals surface area contributed by atoms with E-state index in [0.29, 0.717) is 11.3 Å². The van der Waals surface area contributed by atoms with Crippen LogP contribution < -0.4 is 10.1 Å². The summed E-state index contributed by atoms with van der Waals surface area (Å²) in [5.74, 6) is -1.60. The van der Waals surface area contributed by atoms with E-state index < -0.39 is 24.3 Å². The molecular formula is C22H22F3NO4. The molecule has 2 aromatic rings. The van der Waals surface area contributed by atoms with Crippen molar-refractivity contribution in [2.75, 3.05) is 5.32 Å². The van der Waals surface area contributed by atoms with Crippen molar-refractivity contribution in [2.24, 2.45) is 0 Å². The number of hydrogen-bond donors (Lipinski definition) is 1. The first-order valence-corrected chi connectivity index (χ1v) is 9.08. The number of anilines is 1. The smallest absolute Gasteiger partial charge is 0.449 e. The van der Waals surface area contributed by atoms with Gasteiger partial charge in [0, 0.05) is 11.8 Å². The Bertz CT molecular complexity index is 927. The Hall–Kier alpha value is -3.29. The highest BCUT2D eigenvalue weighted by Crippen LogP contribution is 2.23. The molecule has 5 nitrogen and oxygen atoms in total. The van der Waals surface area contributed by atoms with Crippen LogP contribution in [0.5, 0.6) is 5.75 Å². The van der Waals surface area contributed by atoms with E-state index in [1.165, 1.54) is 25.1 Å². The van der Waals surface area contributed by atoms with Crippen LogP contribution in [0.15, 0.2) is 42.5 Å². The maximum Gasteiger partial charge on any atom is 0.573 e. The van der Waals surface area contributed by atoms with E-state index in [4.69, 9.17) is 4.74 Å². The summed E-state index contributed by atoms with van der Waals surface area (Å²) in [6, 6.07) is 8.83. The molecule has 160 valence electrons. The number of carbonyl (C=O) groups excluding carboxylic acids is 2. The molecule has 0 radical (unpaired) electrons. The summed E-state index contributed by atoms with van der Waals surface area (Å²) in [7, 11) is 0. The lowest BCUT2D eigenvalue weighted by molar-refractivity contribution is -0.274. The molecule has 0 spiro atoms. The molecule has 0 heterocycles. The number of alkyl halides is 3. The molecule has 8 heteroatoms. The first-order chi connectivity index (χ1) is 13.9. The van der Waals surface area contributed by atoms with Gasteiger partial charge in [0.2, 0.25) is 0 Å². The Morgan fingerprint density at radius 3 is 2.13 bits per heavy atom. The fourth-order valence-electron chi connectivity index (χ4n) is 2.81. The van der Waals surface area contributed by atoms with Gasteiger partial charge in [0.05, 0.1) is 0 Å². The lowest BCUT2D eigenvalue weighted by atomic mass is 10.0. The van der Waals surface area contributed by atoms with Crippen molar-refractivity contribution in [3.8, 4) is 5.75 Å². The molecule has 0 saturated carbocycles. The summed E-state index contributed by atoms with van der Waals surface area (Å²) < 4.78 is 45.3. The number of halogens is 3. The number of benzene rings is 2. The third kappa shape index (κ3) is 6.95. The van der Waals surface area contributed by atoms with E-state index in [-0.39, 0.29) is 5.75 Å². The molecule has 0 saturated heterocycles. The van der Waals surface area contributed by atoms with Gasteiger partial charge in [-0.05, 0) is 62.6 Å². The van der Waals surface area contributed by atoms with Gasteiger partial charge in [-0.1, -0.05) is 29.8 Å². The Balaban J connectivity index is 1.93. The van der Waals surface area contributed by atoms with Crippen LogP contribution in [0.3, 0.4) is 0 Å². The second kappa shape index (κ2) is 9.47. The lowest BCUT2D eigenvalue weighted by Crippen LogP contribution is -2.30. The normalized spacial score (nSPS) is 12.5. The average molecular weight is 421 g/mol. The summed E-state index contributed by atoms with van der Waals surface area (Å²) in [6.45, 7) is 7.16. The second-order valence-electron chi connectivity index (χ2n) is 6.79. The minimum Gasteiger partial charge on any atom is -0.449 e. The minimum atomic E-state index is -4.77. The van der Waals surface area contributed by atoms with Crippen LogP contribution in [-0.2, 0) is 14.3 Å². The molecule has 0 bridgehead atoms. The first kappa shape index (κ1) is 23.0. The number of nitrogens with one attached hydrogen (secondary N) is 1. The van der Waals surface area contributed by atoms with Gasteiger partial charge in [0.25, 0.3) is 5.91 Å². The first-order valence-electron chi connectivity index (χ1n) is 9.08. The number of amides is 1. The lowest BCUT2D eigenvalue weighted by Gasteiger charge is -2.16. The Morgan fingerprint density at radius 1 is 1.03 bits per heavy atom. The van der Waals surface area contributed by atoms with Crippen LogP contribution in [0.2, 0.25) is 0 Å². The summed E-state index contributed by atoms with van der Waals surface area (Å²) in [4.78, 5) is 24.3. The Morgan fingerprint density at radius 2 is 1.60 bits per heavy atom. The van der Waals surface area contributed by atoms with E-state index in [1.54, 1.807) is 0 Å². The SMILES string of the molecule is Cc1cc(C)c(NC(=O)[C@H](C)OC(=O)/C=C/c2ccc(OC(F)(F)F)cc2)c(C)c1. The van der Waals surface area contributed by atoms with Gasteiger partial charge >= 0.3 is 12.3 Å². The van der Waals surface area contributed by atoms with E-state index in [9.17, 15) is 22.8 Å². The highest BCUT2D eigenvalue weighted by molar-refractivity contribution is 5.97. The molecule has 30 heavy (non-hydrogen) atoms. The van der Waals surface area contributed by atoms with Crippen LogP contribution >= 0.6 is 0 Å². The van der Waals surface area contributed by atoms with Crippen molar-refractivity contribution in [3.63, 3.8) is 0 Å². The predicted molar refractivity (Wildman–Crippen MR) is 107 cm³/mol. The fourth-order valence-corrected chi connectivity index (χ4v) is 2.81. The quantitative estimate of drug-likeness (QED) is 0.521. The van der Waals surface area contributed by atoms with Crippen LogP contribution in [0.4, 0.5) is 18.9 Å². The number of hydrogen-bond acceptors (Lipinski definition) is 4. The average Bonchev–Trinajstić information content (AvgIpc) is 2.62. The highest BCUT2D eigenvalue weighted by atomic mass is 19.4. The number of aryl methyl sites for hydroxylation is 3. The molecule has 1 atom stereocenters. The molecule has 0 aromatic heterocycles. The van der Waals surface area contributed by atoms with Gasteiger partial charge in [-0.3, -0.25) is 4.79 Å². The molecular weight excluding hydrogens is 399 g/mol. The van der Waals surface area contributed by atoms with Gasteiger partial charge in [-0.15, -0.1) is 13.2 Å². The second-order valence-corrected chi connectivity index (χ2v) is 6.79. The van der Waals surface area contributed by atoms with Gasteiger partial charge < -0.3 is 14.8 Å². The van der Waals surface area contributed by atoms with Crippen molar-refractivity contribution < 1.29 is 32.2 Å². The Kier molecular flexibility index (Phi) is 7.26. The van der Waals surface area contributed by atoms with E-state index >= 15 is 0 Å². The van der Waals surface area contributed by atoms with Crippen molar-refractivity contribution in [3.05, 3.63) is 64.7 Å². The van der Waals surface area contributed by atoms with Crippen LogP contribution in [-0.4, -0.2) is 24.3 Å². The molecule has 0 aliphatic heterocycles. The van der Waals surface area contributed by atoms with Crippen LogP contribution in [0.1, 0.15) is 29.2 Å². The van der Waals surface area contributed by atoms with Gasteiger partial charge in [-0.2, -0.15) is 0 Å². The van der Waals surface area contributed by atoms with E-state index in [0.717, 1.165) is 34.9 Å². The van der Waals surface area contributed by atoms with E-state index in [2.05, 4.69) is 10.1 Å². The van der Waals surface area contributed by atoms with Gasteiger partial charge in [0.15, 0.2) is 6.10 Å². The van der Waals surface area contributed by atoms with Crippen molar-refractivity contribution >= 4 is 23.6 Å². The minimum absolute atomic E-state index is 0.366. The third-order valence-corrected chi connectivity index (χ3v) is 4.11. The van der Waals surface area contributed by atoms with Gasteiger partial charge in [-0.25, -0.2) is 4.79 Å². The topological polar surface area (TPSA) is 64.6 Å². The third-order valence-electron chi connectivity index (χ3n) is 4.11. The maximum absolute atomic E-state index is 12.3. The van der Waals surface area contributed by atoms with Crippen molar-refractivity contribution in [1.29, 1.82) is 0 Å². The molecule has 0 aliphatic carbocycles. The molecule has 0 fully saturated rings. The van der Waals surface area contributed by atoms with E-state index in [1.807, 2.05) is 32.9 Å². The predicted octanol–water partition coefficient (Wildman–Crippen LogP) is 5.09. The summed E-state index contributed by atoms with van der Waals surface area (Å²) >= 11 is 0. The summed E-state index contributed by atoms with van der Waals surface area (Å²) in [5, 5.41) is 2.76. The molecule has 2 aromatic carbocycles. The zero-order valence-electron chi connectivity index (χ0n) is 17.0. The molecule has 2 rings (SSSR count). The zero-order valence-corrected chi connectivity index (χ0v) is 17.0. The summed E-state index contributed by atoms with van der Waals surface area (Å²) in [5.41, 5.74) is 4.01. The monoisotopic (exact) mass is 421 g/mol. The highest BCUT2D eigenvalue weighted by Gasteiger charge is 2.30. The van der Waals surface area contributed by atoms with Crippen LogP contribution in [0, 0.1) is 20.8 Å².